The second kappa shape index (κ2) is 4.08. The van der Waals surface area contributed by atoms with Gasteiger partial charge in [0, 0.05) is 29.2 Å². The molecule has 4 rings (SSSR count). The first kappa shape index (κ1) is 11.9. The minimum atomic E-state index is -0.557. The Hall–Kier alpha value is -1.84. The number of nitrogens with zero attached hydrogens (tertiary/aromatic N) is 1. The van der Waals surface area contributed by atoms with Crippen LogP contribution in [0.4, 0.5) is 0 Å². The highest BCUT2D eigenvalue weighted by atomic mass is 35.5. The summed E-state index contributed by atoms with van der Waals surface area (Å²) in [5.74, 6) is 0.0746. The molecule has 2 aromatic carbocycles. The van der Waals surface area contributed by atoms with Crippen LogP contribution in [0.15, 0.2) is 48.5 Å². The molecule has 0 saturated carbocycles. The predicted molar refractivity (Wildman–Crippen MR) is 77.7 cm³/mol. The molecular weight excluding hydrogens is 272 g/mol. The zero-order valence-corrected chi connectivity index (χ0v) is 11.5. The lowest BCUT2D eigenvalue weighted by Crippen LogP contribution is -2.46. The Labute approximate surface area is 122 Å². The minimum Gasteiger partial charge on any atom is -0.311 e. The molecule has 1 N–H and O–H groups in total. The molecule has 100 valence electrons. The topological polar surface area (TPSA) is 32.3 Å². The first-order valence-electron chi connectivity index (χ1n) is 6.66. The third-order valence-electron chi connectivity index (χ3n) is 4.16. The van der Waals surface area contributed by atoms with Crippen molar-refractivity contribution in [1.29, 1.82) is 0 Å². The van der Waals surface area contributed by atoms with Crippen LogP contribution in [0.3, 0.4) is 0 Å². The zero-order chi connectivity index (χ0) is 13.7. The van der Waals surface area contributed by atoms with Crippen LogP contribution in [-0.4, -0.2) is 23.9 Å². The highest BCUT2D eigenvalue weighted by Gasteiger charge is 2.53. The van der Waals surface area contributed by atoms with E-state index in [4.69, 9.17) is 11.6 Å². The van der Waals surface area contributed by atoms with Crippen LogP contribution in [-0.2, 0) is 5.66 Å². The Kier molecular flexibility index (Phi) is 2.43. The SMILES string of the molecule is O=C1c2ccc(Cl)cc2C2(c3ccccc3)NCCN12. The summed E-state index contributed by atoms with van der Waals surface area (Å²) in [6.07, 6.45) is 0. The quantitative estimate of drug-likeness (QED) is 0.873. The monoisotopic (exact) mass is 284 g/mol. The lowest BCUT2D eigenvalue weighted by Gasteiger charge is -2.33. The molecule has 0 bridgehead atoms. The van der Waals surface area contributed by atoms with E-state index in [0.717, 1.165) is 23.2 Å². The van der Waals surface area contributed by atoms with Crippen LogP contribution in [0.1, 0.15) is 21.5 Å². The van der Waals surface area contributed by atoms with Crippen molar-refractivity contribution in [1.82, 2.24) is 10.2 Å². The molecule has 1 fully saturated rings. The van der Waals surface area contributed by atoms with E-state index in [0.29, 0.717) is 11.6 Å². The minimum absolute atomic E-state index is 0.0746. The van der Waals surface area contributed by atoms with Crippen LogP contribution in [0, 0.1) is 0 Å². The van der Waals surface area contributed by atoms with Gasteiger partial charge in [0.1, 0.15) is 5.66 Å². The van der Waals surface area contributed by atoms with Gasteiger partial charge in [0.25, 0.3) is 5.91 Å². The van der Waals surface area contributed by atoms with Gasteiger partial charge in [-0.05, 0) is 23.8 Å². The number of fused-ring (bicyclic) bond motifs is 3. The molecule has 0 aromatic heterocycles. The van der Waals surface area contributed by atoms with Gasteiger partial charge in [-0.1, -0.05) is 41.9 Å². The number of halogens is 1. The summed E-state index contributed by atoms with van der Waals surface area (Å²) < 4.78 is 0. The fraction of sp³-hybridized carbons (Fsp3) is 0.188. The van der Waals surface area contributed by atoms with Crippen LogP contribution in [0.25, 0.3) is 0 Å². The second-order valence-corrected chi connectivity index (χ2v) is 5.59. The van der Waals surface area contributed by atoms with Crippen molar-refractivity contribution < 1.29 is 4.79 Å². The molecule has 0 radical (unpaired) electrons. The molecule has 0 aliphatic carbocycles. The third kappa shape index (κ3) is 1.37. The van der Waals surface area contributed by atoms with E-state index in [2.05, 4.69) is 17.4 Å². The molecule has 1 amide bonds. The number of hydrogen-bond donors (Lipinski definition) is 1. The molecule has 20 heavy (non-hydrogen) atoms. The number of rotatable bonds is 1. The number of carbonyl (C=O) groups is 1. The Balaban J connectivity index is 2.03. The molecule has 2 aliphatic heterocycles. The van der Waals surface area contributed by atoms with Crippen molar-refractivity contribution >= 4 is 17.5 Å². The van der Waals surface area contributed by atoms with E-state index in [1.165, 1.54) is 0 Å². The first-order chi connectivity index (χ1) is 9.73. The Bertz CT molecular complexity index is 701. The summed E-state index contributed by atoms with van der Waals surface area (Å²) >= 11 is 6.15. The lowest BCUT2D eigenvalue weighted by molar-refractivity contribution is 0.0694. The fourth-order valence-electron chi connectivity index (χ4n) is 3.35. The van der Waals surface area contributed by atoms with Gasteiger partial charge in [-0.25, -0.2) is 0 Å². The number of carbonyl (C=O) groups excluding carboxylic acids is 1. The van der Waals surface area contributed by atoms with Gasteiger partial charge >= 0.3 is 0 Å². The van der Waals surface area contributed by atoms with Gasteiger partial charge in [0.2, 0.25) is 0 Å². The van der Waals surface area contributed by atoms with E-state index in [-0.39, 0.29) is 5.91 Å². The first-order valence-corrected chi connectivity index (χ1v) is 7.04. The summed E-state index contributed by atoms with van der Waals surface area (Å²) in [6.45, 7) is 1.49. The van der Waals surface area contributed by atoms with Gasteiger partial charge in [-0.15, -0.1) is 0 Å². The third-order valence-corrected chi connectivity index (χ3v) is 4.39. The summed E-state index contributed by atoms with van der Waals surface area (Å²) in [6, 6.07) is 15.6. The molecule has 0 spiro atoms. The normalized spacial score (nSPS) is 23.9. The summed E-state index contributed by atoms with van der Waals surface area (Å²) in [4.78, 5) is 14.5. The standard InChI is InChI=1S/C16H13ClN2O/c17-12-6-7-13-14(10-12)16(11-4-2-1-3-5-11)18-8-9-19(16)15(13)20/h1-7,10,18H,8-9H2. The molecule has 4 heteroatoms. The molecule has 3 nitrogen and oxygen atoms in total. The highest BCUT2D eigenvalue weighted by Crippen LogP contribution is 2.44. The van der Waals surface area contributed by atoms with E-state index in [9.17, 15) is 4.79 Å². The molecule has 1 atom stereocenters. The summed E-state index contributed by atoms with van der Waals surface area (Å²) in [7, 11) is 0. The van der Waals surface area contributed by atoms with Crippen LogP contribution < -0.4 is 5.32 Å². The van der Waals surface area contributed by atoms with Crippen molar-refractivity contribution in [2.75, 3.05) is 13.1 Å². The molecule has 2 aliphatic rings. The Morgan fingerprint density at radius 2 is 1.95 bits per heavy atom. The van der Waals surface area contributed by atoms with E-state index < -0.39 is 5.66 Å². The largest absolute Gasteiger partial charge is 0.311 e. The molecule has 2 heterocycles. The highest BCUT2D eigenvalue weighted by molar-refractivity contribution is 6.30. The zero-order valence-electron chi connectivity index (χ0n) is 10.8. The van der Waals surface area contributed by atoms with Gasteiger partial charge < -0.3 is 4.90 Å². The van der Waals surface area contributed by atoms with Gasteiger partial charge in [-0.3, -0.25) is 10.1 Å². The maximum absolute atomic E-state index is 12.6. The van der Waals surface area contributed by atoms with Gasteiger partial charge in [-0.2, -0.15) is 0 Å². The van der Waals surface area contributed by atoms with E-state index in [1.54, 1.807) is 6.07 Å². The van der Waals surface area contributed by atoms with Crippen LogP contribution >= 0.6 is 11.6 Å². The fourth-order valence-corrected chi connectivity index (χ4v) is 3.52. The van der Waals surface area contributed by atoms with E-state index in [1.807, 2.05) is 35.2 Å². The number of hydrogen-bond acceptors (Lipinski definition) is 2. The molecule has 1 unspecified atom stereocenters. The lowest BCUT2D eigenvalue weighted by atomic mass is 9.91. The average Bonchev–Trinajstić information content (AvgIpc) is 3.01. The maximum Gasteiger partial charge on any atom is 0.256 e. The Morgan fingerprint density at radius 1 is 1.15 bits per heavy atom. The number of nitrogens with one attached hydrogen (secondary N) is 1. The van der Waals surface area contributed by atoms with Gasteiger partial charge in [0.15, 0.2) is 0 Å². The van der Waals surface area contributed by atoms with Crippen molar-refractivity contribution in [2.24, 2.45) is 0 Å². The maximum atomic E-state index is 12.6. The molecule has 2 aromatic rings. The summed E-state index contributed by atoms with van der Waals surface area (Å²) in [5, 5.41) is 4.16. The van der Waals surface area contributed by atoms with Crippen molar-refractivity contribution in [3.63, 3.8) is 0 Å². The predicted octanol–water partition coefficient (Wildman–Crippen LogP) is 2.60. The summed E-state index contributed by atoms with van der Waals surface area (Å²) in [5.41, 5.74) is 2.22. The van der Waals surface area contributed by atoms with E-state index >= 15 is 0 Å². The smallest absolute Gasteiger partial charge is 0.256 e. The van der Waals surface area contributed by atoms with Crippen molar-refractivity contribution in [3.05, 3.63) is 70.2 Å². The van der Waals surface area contributed by atoms with Crippen molar-refractivity contribution in [3.8, 4) is 0 Å². The second-order valence-electron chi connectivity index (χ2n) is 5.15. The molecule has 1 saturated heterocycles. The van der Waals surface area contributed by atoms with Crippen molar-refractivity contribution in [2.45, 2.75) is 5.66 Å². The average molecular weight is 285 g/mol. The number of amides is 1. The van der Waals surface area contributed by atoms with Gasteiger partial charge in [0.05, 0.1) is 0 Å². The Morgan fingerprint density at radius 3 is 2.75 bits per heavy atom. The van der Waals surface area contributed by atoms with Crippen LogP contribution in [0.2, 0.25) is 5.02 Å². The number of benzene rings is 2. The molecular formula is C16H13ClN2O. The van der Waals surface area contributed by atoms with Crippen LogP contribution in [0.5, 0.6) is 0 Å².